The van der Waals surface area contributed by atoms with E-state index < -0.39 is 172 Å². The molecule has 1 saturated carbocycles. The molecule has 4 aliphatic heterocycles. The van der Waals surface area contributed by atoms with E-state index in [0.29, 0.717) is 15.6 Å². The lowest BCUT2D eigenvalue weighted by atomic mass is 9.98. The monoisotopic (exact) mass is 1400 g/mol. The van der Waals surface area contributed by atoms with Gasteiger partial charge in [-0.2, -0.15) is 0 Å². The van der Waals surface area contributed by atoms with E-state index in [9.17, 15) is 79.5 Å². The van der Waals surface area contributed by atoms with Gasteiger partial charge in [0.25, 0.3) is 5.91 Å². The van der Waals surface area contributed by atoms with Gasteiger partial charge in [0.05, 0.1) is 63.0 Å². The van der Waals surface area contributed by atoms with Crippen LogP contribution in [0.5, 0.6) is 11.5 Å². The number of phenols is 1. The van der Waals surface area contributed by atoms with Crippen LogP contribution >= 0.6 is 36.2 Å². The molecule has 4 aromatic rings. The number of aromatic hydroxyl groups is 1. The average molecular weight is 1400 g/mol. The van der Waals surface area contributed by atoms with Gasteiger partial charge in [-0.1, -0.05) is 49.3 Å². The lowest BCUT2D eigenvalue weighted by Gasteiger charge is -2.37. The van der Waals surface area contributed by atoms with Crippen molar-refractivity contribution in [3.8, 4) is 32.6 Å². The fraction of sp³-hybridized carbons (Fsp3) is 0.578. The Labute approximate surface area is 572 Å². The summed E-state index contributed by atoms with van der Waals surface area (Å²) in [5.41, 5.74) is 2.93. The first-order valence-corrected chi connectivity index (χ1v) is 32.9. The summed E-state index contributed by atoms with van der Waals surface area (Å²) in [6, 6.07) is 6.41. The first-order valence-electron chi connectivity index (χ1n) is 32.1. The molecule has 32 heteroatoms. The molecule has 15 N–H and O–H groups in total. The molecular formula is C64H90Cl2N12O17S. The Morgan fingerprint density at radius 1 is 0.729 bits per heavy atom. The maximum absolute atomic E-state index is 15.0. The number of aliphatic hydroxyl groups excluding tert-OH is 8. The highest BCUT2D eigenvalue weighted by molar-refractivity contribution is 7.17. The number of hydrogen-bond donors (Lipinski definition) is 15. The number of halogens is 2. The van der Waals surface area contributed by atoms with Gasteiger partial charge in [0.2, 0.25) is 35.4 Å². The van der Waals surface area contributed by atoms with Crippen molar-refractivity contribution in [3.63, 3.8) is 0 Å². The number of hydrogen-bond acceptors (Lipinski definition) is 23. The maximum Gasteiger partial charge on any atom is 0.251 e. The number of methoxy groups -OCH3 is 1. The molecule has 5 heterocycles. The van der Waals surface area contributed by atoms with Gasteiger partial charge in [-0.15, -0.1) is 35.0 Å². The van der Waals surface area contributed by atoms with Gasteiger partial charge >= 0.3 is 0 Å². The molecule has 7 amide bonds. The number of β-amino-alcohol motifs (C(OH)–C–C–N with tert-alkyl or cyclic N) is 1. The second-order valence-electron chi connectivity index (χ2n) is 25.3. The minimum Gasteiger partial charge on any atom is -0.504 e. The number of aliphatic hydroxyl groups is 8. The van der Waals surface area contributed by atoms with Crippen LogP contribution in [0.3, 0.4) is 0 Å². The van der Waals surface area contributed by atoms with E-state index in [0.717, 1.165) is 60.1 Å². The van der Waals surface area contributed by atoms with Crippen LogP contribution in [0.4, 0.5) is 5.69 Å². The van der Waals surface area contributed by atoms with Gasteiger partial charge < -0.3 is 97.3 Å². The summed E-state index contributed by atoms with van der Waals surface area (Å²) in [4.78, 5) is 109. The van der Waals surface area contributed by atoms with Crippen molar-refractivity contribution in [3.05, 3.63) is 77.9 Å². The summed E-state index contributed by atoms with van der Waals surface area (Å²) in [5.74, 6) is -7.99. The van der Waals surface area contributed by atoms with Crippen LogP contribution in [0, 0.1) is 11.8 Å². The zero-order valence-electron chi connectivity index (χ0n) is 53.6. The highest BCUT2D eigenvalue weighted by Gasteiger charge is 2.50. The summed E-state index contributed by atoms with van der Waals surface area (Å²) in [6.45, 7) is 5.06. The van der Waals surface area contributed by atoms with E-state index in [1.165, 1.54) is 87.9 Å². The van der Waals surface area contributed by atoms with Gasteiger partial charge in [0.15, 0.2) is 11.5 Å². The molecule has 9 rings (SSSR count). The first-order chi connectivity index (χ1) is 45.0. The number of aromatic nitrogens is 2. The van der Waals surface area contributed by atoms with Crippen LogP contribution in [0.1, 0.15) is 74.7 Å². The second-order valence-corrected chi connectivity index (χ2v) is 26.3. The van der Waals surface area contributed by atoms with Crippen LogP contribution in [-0.4, -0.2) is 270 Å². The third kappa shape index (κ3) is 18.8. The number of rotatable bonds is 19. The number of ether oxygens (including phenoxy) is 1. The number of fused-ring (bicyclic) bond motifs is 2. The lowest BCUT2D eigenvalue weighted by molar-refractivity contribution is -0.147. The molecule has 528 valence electrons. The predicted octanol–water partition coefficient (Wildman–Crippen LogP) is -1.98. The molecule has 5 fully saturated rings. The molecular weight excluding hydrogens is 1310 g/mol. The van der Waals surface area contributed by atoms with Gasteiger partial charge in [-0.25, -0.2) is 0 Å². The minimum atomic E-state index is -2.07. The SMILES string of the molecule is COc1cc(C[C@@H](O)[C@@H]2NC(=O)[C@@H]3C[C@@H](O)CN3C(=O)[C@H]([C@@H](C)O)NC(=O)[C@@H](NC(=O)c3ccc(-c4nnc(-c5ccc(N6CCN(CC7CCCC7)CC6)cc5)s4)cc3)C[C@@H](O)CNC(=O)[C@@H]3[C@@H](O)[C@@H](C)CN3C(=O)[C@H]([C@H](O)CCNC(CO)CO)NC2=O)ccc1O.Cl.Cl. The molecule has 5 aliphatic rings. The molecule has 0 radical (unpaired) electrons. The molecule has 1 aliphatic carbocycles. The highest BCUT2D eigenvalue weighted by atomic mass is 35.5. The Kier molecular flexibility index (Phi) is 27.9. The number of carbonyl (C=O) groups excluding carboxylic acids is 7. The van der Waals surface area contributed by atoms with Crippen molar-refractivity contribution in [1.82, 2.24) is 56.8 Å². The van der Waals surface area contributed by atoms with Crippen molar-refractivity contribution in [2.75, 3.05) is 84.1 Å². The molecule has 4 saturated heterocycles. The van der Waals surface area contributed by atoms with Crippen molar-refractivity contribution in [2.24, 2.45) is 11.8 Å². The molecule has 0 unspecified atom stereocenters. The van der Waals surface area contributed by atoms with E-state index in [4.69, 9.17) is 4.74 Å². The number of carbonyl (C=O) groups is 7. The number of phenolic OH excluding ortho intramolecular Hbond substituents is 1. The fourth-order valence-electron chi connectivity index (χ4n) is 12.9. The third-order valence-electron chi connectivity index (χ3n) is 18.4. The molecule has 3 aromatic carbocycles. The van der Waals surface area contributed by atoms with Crippen LogP contribution in [0.2, 0.25) is 0 Å². The quantitative estimate of drug-likeness (QED) is 0.0484. The van der Waals surface area contributed by atoms with E-state index in [-0.39, 0.29) is 67.0 Å². The Hall–Kier alpha value is -6.91. The number of anilines is 1. The predicted molar refractivity (Wildman–Crippen MR) is 356 cm³/mol. The van der Waals surface area contributed by atoms with Crippen molar-refractivity contribution in [1.29, 1.82) is 0 Å². The van der Waals surface area contributed by atoms with Gasteiger partial charge in [0.1, 0.15) is 46.3 Å². The van der Waals surface area contributed by atoms with Crippen molar-refractivity contribution < 1.29 is 84.3 Å². The fourth-order valence-corrected chi connectivity index (χ4v) is 13.8. The van der Waals surface area contributed by atoms with Crippen LogP contribution < -0.4 is 41.5 Å². The standard InChI is InChI=1S/C64H88N12O17S.2ClH/c1-34-29-76-54(55(34)85)60(90)66-28-43(80)26-45(67-56(86)38-9-11-39(12-10-38)61-71-72-62(94-61)40-13-15-42(16-14-40)74-22-20-73(21-23-74)30-36-6-4-5-7-36)57(87)68-51(35(2)79)63(91)75-31-44(81)27-46(75)58(88)69-52(49(84)24-37-8-17-47(82)50(25-37)93-3)59(89)70-53(64(76)92)48(83)18-19-65-41(32-77)33-78;;/h8-17,25,34-36,41,43-46,48-49,51-55,65,77-85H,4-7,18-24,26-33H2,1-3H3,(H,66,90)(H,67,86)(H,68,87)(H,69,88)(H,70,89);2*1H/t34-,35+,43+,44+,45-,46-,48+,49+,51-,52-,53-,54-,55-;;/m0../s1. The summed E-state index contributed by atoms with van der Waals surface area (Å²) in [6.07, 6.45) is -6.82. The molecule has 0 spiro atoms. The third-order valence-corrected chi connectivity index (χ3v) is 19.4. The average Bonchev–Trinajstić information content (AvgIpc) is 1.61. The van der Waals surface area contributed by atoms with Gasteiger partial charge in [0, 0.05) is 99.9 Å². The maximum atomic E-state index is 15.0. The first kappa shape index (κ1) is 76.5. The zero-order valence-corrected chi connectivity index (χ0v) is 56.1. The van der Waals surface area contributed by atoms with E-state index >= 15 is 0 Å². The largest absolute Gasteiger partial charge is 0.504 e. The van der Waals surface area contributed by atoms with Gasteiger partial charge in [-0.3, -0.25) is 38.5 Å². The number of amides is 7. The smallest absolute Gasteiger partial charge is 0.251 e. The summed E-state index contributed by atoms with van der Waals surface area (Å²) in [7, 11) is 1.27. The topological polar surface area (TPSA) is 422 Å². The lowest BCUT2D eigenvalue weighted by Crippen LogP contribution is -2.64. The molecule has 0 bridgehead atoms. The molecule has 29 nitrogen and oxygen atoms in total. The van der Waals surface area contributed by atoms with E-state index in [1.807, 2.05) is 12.1 Å². The van der Waals surface area contributed by atoms with Crippen LogP contribution in [0.25, 0.3) is 21.1 Å². The molecule has 1 aromatic heterocycles. The van der Waals surface area contributed by atoms with E-state index in [1.54, 1.807) is 12.1 Å². The Morgan fingerprint density at radius 3 is 1.97 bits per heavy atom. The second kappa shape index (κ2) is 35.0. The highest BCUT2D eigenvalue weighted by Crippen LogP contribution is 2.34. The number of benzene rings is 3. The normalized spacial score (nSPS) is 26.2. The summed E-state index contributed by atoms with van der Waals surface area (Å²) in [5, 5.41) is 124. The van der Waals surface area contributed by atoms with Gasteiger partial charge in [-0.05, 0) is 92.7 Å². The Morgan fingerprint density at radius 2 is 1.34 bits per heavy atom. The number of nitrogens with zero attached hydrogens (tertiary/aromatic N) is 6. The molecule has 13 atom stereocenters. The summed E-state index contributed by atoms with van der Waals surface area (Å²) < 4.78 is 5.22. The minimum absolute atomic E-state index is 0. The van der Waals surface area contributed by atoms with Crippen molar-refractivity contribution in [2.45, 2.75) is 144 Å². The summed E-state index contributed by atoms with van der Waals surface area (Å²) >= 11 is 1.35. The number of nitrogens with one attached hydrogen (secondary N) is 6. The number of piperazine rings is 1. The Bertz CT molecular complexity index is 3270. The Balaban J connectivity index is 0.00000650. The van der Waals surface area contributed by atoms with Crippen molar-refractivity contribution >= 4 is 83.2 Å². The van der Waals surface area contributed by atoms with E-state index in [2.05, 4.69) is 64.0 Å². The molecule has 96 heavy (non-hydrogen) atoms. The zero-order chi connectivity index (χ0) is 67.5. The van der Waals surface area contributed by atoms with Crippen LogP contribution in [0.15, 0.2) is 66.7 Å². The van der Waals surface area contributed by atoms with Crippen LogP contribution in [-0.2, 0) is 35.2 Å².